The molecule has 0 spiro atoms. The van der Waals surface area contributed by atoms with E-state index in [0.717, 1.165) is 19.5 Å². The molecular weight excluding hydrogens is 178 g/mol. The lowest BCUT2D eigenvalue weighted by Crippen LogP contribution is -2.23. The first-order chi connectivity index (χ1) is 6.77. The predicted octanol–water partition coefficient (Wildman–Crippen LogP) is 0.860. The summed E-state index contributed by atoms with van der Waals surface area (Å²) in [4.78, 5) is 0. The third-order valence-corrected chi connectivity index (χ3v) is 2.60. The van der Waals surface area contributed by atoms with Crippen molar-refractivity contribution in [3.63, 3.8) is 0 Å². The van der Waals surface area contributed by atoms with E-state index in [1.165, 1.54) is 5.69 Å². The third kappa shape index (κ3) is 1.96. The molecule has 4 nitrogen and oxygen atoms in total. The lowest BCUT2D eigenvalue weighted by molar-refractivity contribution is 0.00342. The first-order valence-corrected chi connectivity index (χ1v) is 5.11. The highest BCUT2D eigenvalue weighted by molar-refractivity contribution is 5.05. The zero-order valence-corrected chi connectivity index (χ0v) is 8.73. The number of hydrogen-bond acceptors (Lipinski definition) is 3. The summed E-state index contributed by atoms with van der Waals surface area (Å²) < 4.78 is 7.80. The maximum absolute atomic E-state index is 5.91. The highest BCUT2D eigenvalue weighted by Crippen LogP contribution is 2.23. The summed E-state index contributed by atoms with van der Waals surface area (Å²) in [5.41, 5.74) is 1.17. The van der Waals surface area contributed by atoms with Crippen molar-refractivity contribution in [2.45, 2.75) is 25.6 Å². The van der Waals surface area contributed by atoms with Gasteiger partial charge in [-0.25, -0.2) is 0 Å². The van der Waals surface area contributed by atoms with E-state index >= 15 is 0 Å². The Hall–Kier alpha value is -0.870. The highest BCUT2D eigenvalue weighted by Gasteiger charge is 2.20. The molecule has 0 radical (unpaired) electrons. The van der Waals surface area contributed by atoms with E-state index in [1.54, 1.807) is 0 Å². The second kappa shape index (κ2) is 4.11. The maximum Gasteiger partial charge on any atom is 0.101 e. The number of rotatable bonds is 1. The standard InChI is InChI=1S/C10H17N3O/c1-8-7-11-5-4-10(14-8)9-3-6-12-13(9)2/h3,6,8,10-11H,4-5,7H2,1-2H3. The van der Waals surface area contributed by atoms with Gasteiger partial charge in [-0.2, -0.15) is 5.10 Å². The van der Waals surface area contributed by atoms with E-state index in [9.17, 15) is 0 Å². The Bertz CT molecular complexity index is 297. The van der Waals surface area contributed by atoms with Crippen LogP contribution < -0.4 is 5.32 Å². The van der Waals surface area contributed by atoms with Crippen LogP contribution in [-0.2, 0) is 11.8 Å². The fourth-order valence-electron chi connectivity index (χ4n) is 1.85. The Kier molecular flexibility index (Phi) is 2.84. The number of aryl methyl sites for hydroxylation is 1. The summed E-state index contributed by atoms with van der Waals surface area (Å²) in [6.07, 6.45) is 3.30. The van der Waals surface area contributed by atoms with Gasteiger partial charge in [-0.3, -0.25) is 4.68 Å². The van der Waals surface area contributed by atoms with Crippen molar-refractivity contribution < 1.29 is 4.74 Å². The zero-order valence-electron chi connectivity index (χ0n) is 8.73. The van der Waals surface area contributed by atoms with Crippen LogP contribution >= 0.6 is 0 Å². The zero-order chi connectivity index (χ0) is 9.97. The molecule has 2 rings (SSSR count). The summed E-state index contributed by atoms with van der Waals surface area (Å²) in [6, 6.07) is 2.03. The number of hydrogen-bond donors (Lipinski definition) is 1. The molecule has 0 amide bonds. The van der Waals surface area contributed by atoms with Gasteiger partial charge < -0.3 is 10.1 Å². The fraction of sp³-hybridized carbons (Fsp3) is 0.700. The van der Waals surface area contributed by atoms with E-state index in [0.29, 0.717) is 0 Å². The van der Waals surface area contributed by atoms with Crippen molar-refractivity contribution in [3.05, 3.63) is 18.0 Å². The molecule has 0 saturated carbocycles. The summed E-state index contributed by atoms with van der Waals surface area (Å²) >= 11 is 0. The SMILES string of the molecule is CC1CNCCC(c2ccnn2C)O1. The molecule has 0 bridgehead atoms. The number of ether oxygens (including phenoxy) is 1. The Balaban J connectivity index is 2.13. The van der Waals surface area contributed by atoms with Gasteiger partial charge in [0.25, 0.3) is 0 Å². The molecule has 1 aliphatic rings. The van der Waals surface area contributed by atoms with Crippen LogP contribution in [0.3, 0.4) is 0 Å². The Morgan fingerprint density at radius 3 is 3.21 bits per heavy atom. The van der Waals surface area contributed by atoms with Gasteiger partial charge in [0.1, 0.15) is 6.10 Å². The van der Waals surface area contributed by atoms with Crippen molar-refractivity contribution >= 4 is 0 Å². The first-order valence-electron chi connectivity index (χ1n) is 5.11. The molecule has 1 fully saturated rings. The molecule has 14 heavy (non-hydrogen) atoms. The van der Waals surface area contributed by atoms with Gasteiger partial charge >= 0.3 is 0 Å². The summed E-state index contributed by atoms with van der Waals surface area (Å²) in [6.45, 7) is 4.05. The number of nitrogens with one attached hydrogen (secondary N) is 1. The van der Waals surface area contributed by atoms with Gasteiger partial charge in [0, 0.05) is 19.8 Å². The van der Waals surface area contributed by atoms with Gasteiger partial charge in [0.05, 0.1) is 11.8 Å². The van der Waals surface area contributed by atoms with Gasteiger partial charge in [-0.1, -0.05) is 0 Å². The quantitative estimate of drug-likeness (QED) is 0.722. The van der Waals surface area contributed by atoms with E-state index < -0.39 is 0 Å². The molecule has 1 saturated heterocycles. The minimum absolute atomic E-state index is 0.187. The molecular formula is C10H17N3O. The van der Waals surface area contributed by atoms with Crippen LogP contribution in [0.2, 0.25) is 0 Å². The normalized spacial score (nSPS) is 28.7. The maximum atomic E-state index is 5.91. The average molecular weight is 195 g/mol. The predicted molar refractivity (Wildman–Crippen MR) is 54.0 cm³/mol. The monoisotopic (exact) mass is 195 g/mol. The van der Waals surface area contributed by atoms with Crippen LogP contribution in [0, 0.1) is 0 Å². The van der Waals surface area contributed by atoms with Crippen LogP contribution in [0.4, 0.5) is 0 Å². The molecule has 1 aromatic heterocycles. The van der Waals surface area contributed by atoms with Crippen LogP contribution in [0.5, 0.6) is 0 Å². The van der Waals surface area contributed by atoms with Crippen molar-refractivity contribution in [2.24, 2.45) is 7.05 Å². The molecule has 4 heteroatoms. The molecule has 0 aromatic carbocycles. The summed E-state index contributed by atoms with van der Waals surface area (Å²) in [5, 5.41) is 7.52. The fourth-order valence-corrected chi connectivity index (χ4v) is 1.85. The van der Waals surface area contributed by atoms with Gasteiger partial charge in [-0.15, -0.1) is 0 Å². The number of aromatic nitrogens is 2. The minimum atomic E-state index is 0.187. The van der Waals surface area contributed by atoms with Gasteiger partial charge in [0.15, 0.2) is 0 Å². The molecule has 78 valence electrons. The van der Waals surface area contributed by atoms with E-state index in [1.807, 2.05) is 24.0 Å². The summed E-state index contributed by atoms with van der Waals surface area (Å²) in [7, 11) is 1.96. The van der Waals surface area contributed by atoms with Crippen molar-refractivity contribution in [1.82, 2.24) is 15.1 Å². The van der Waals surface area contributed by atoms with Crippen LogP contribution in [0.1, 0.15) is 25.1 Å². The summed E-state index contributed by atoms with van der Waals surface area (Å²) in [5.74, 6) is 0. The lowest BCUT2D eigenvalue weighted by atomic mass is 10.2. The van der Waals surface area contributed by atoms with Crippen LogP contribution in [0.25, 0.3) is 0 Å². The van der Waals surface area contributed by atoms with E-state index in [2.05, 4.69) is 17.3 Å². The average Bonchev–Trinajstić information content (AvgIpc) is 2.45. The molecule has 2 unspecified atom stereocenters. The van der Waals surface area contributed by atoms with E-state index in [-0.39, 0.29) is 12.2 Å². The van der Waals surface area contributed by atoms with Gasteiger partial charge in [-0.05, 0) is 26.0 Å². The first kappa shape index (κ1) is 9.68. The minimum Gasteiger partial charge on any atom is -0.368 e. The molecule has 2 heterocycles. The topological polar surface area (TPSA) is 39.1 Å². The molecule has 2 atom stereocenters. The van der Waals surface area contributed by atoms with Crippen molar-refractivity contribution in [3.8, 4) is 0 Å². The highest BCUT2D eigenvalue weighted by atomic mass is 16.5. The Morgan fingerprint density at radius 1 is 1.64 bits per heavy atom. The van der Waals surface area contributed by atoms with Gasteiger partial charge in [0.2, 0.25) is 0 Å². The van der Waals surface area contributed by atoms with E-state index in [4.69, 9.17) is 4.74 Å². The number of nitrogens with zero attached hydrogens (tertiary/aromatic N) is 2. The molecule has 1 N–H and O–H groups in total. The second-order valence-electron chi connectivity index (χ2n) is 3.81. The third-order valence-electron chi connectivity index (χ3n) is 2.60. The van der Waals surface area contributed by atoms with Crippen LogP contribution in [0.15, 0.2) is 12.3 Å². The lowest BCUT2D eigenvalue weighted by Gasteiger charge is -2.18. The Morgan fingerprint density at radius 2 is 2.50 bits per heavy atom. The molecule has 1 aliphatic heterocycles. The largest absolute Gasteiger partial charge is 0.368 e. The van der Waals surface area contributed by atoms with Crippen molar-refractivity contribution in [1.29, 1.82) is 0 Å². The second-order valence-corrected chi connectivity index (χ2v) is 3.81. The molecule has 0 aliphatic carbocycles. The molecule has 1 aromatic rings. The smallest absolute Gasteiger partial charge is 0.101 e. The van der Waals surface area contributed by atoms with Crippen molar-refractivity contribution in [2.75, 3.05) is 13.1 Å². The Labute approximate surface area is 84.3 Å². The van der Waals surface area contributed by atoms with Crippen LogP contribution in [-0.4, -0.2) is 29.0 Å².